The fourth-order valence-corrected chi connectivity index (χ4v) is 3.39. The summed E-state index contributed by atoms with van der Waals surface area (Å²) in [5.41, 5.74) is 0.866. The van der Waals surface area contributed by atoms with Crippen molar-refractivity contribution >= 4 is 15.9 Å². The van der Waals surface area contributed by atoms with Gasteiger partial charge in [-0.1, -0.05) is 30.3 Å². The number of benzene rings is 1. The molecule has 18 heavy (non-hydrogen) atoms. The molecule has 5 heteroatoms. The van der Waals surface area contributed by atoms with Crippen molar-refractivity contribution in [1.29, 1.82) is 0 Å². The Hall–Kier alpha value is -1.36. The number of hydrogen-bond donors (Lipinski definition) is 0. The second-order valence-electron chi connectivity index (χ2n) is 5.44. The van der Waals surface area contributed by atoms with Gasteiger partial charge in [0.15, 0.2) is 0 Å². The van der Waals surface area contributed by atoms with Crippen molar-refractivity contribution in [3.63, 3.8) is 0 Å². The Morgan fingerprint density at radius 3 is 2.17 bits per heavy atom. The summed E-state index contributed by atoms with van der Waals surface area (Å²) in [6.07, 6.45) is 0.263. The first kappa shape index (κ1) is 13.1. The largest absolute Gasteiger partial charge is 0.274 e. The van der Waals surface area contributed by atoms with Gasteiger partial charge in [0.2, 0.25) is 15.9 Å². The van der Waals surface area contributed by atoms with Crippen LogP contribution in [0.25, 0.3) is 0 Å². The summed E-state index contributed by atoms with van der Waals surface area (Å²) in [5, 5.41) is 0. The fourth-order valence-electron chi connectivity index (χ4n) is 1.92. The Morgan fingerprint density at radius 2 is 1.72 bits per heavy atom. The van der Waals surface area contributed by atoms with Crippen LogP contribution in [0, 0.1) is 0 Å². The lowest BCUT2D eigenvalue weighted by molar-refractivity contribution is -0.137. The number of nitrogens with zero attached hydrogens (tertiary/aromatic N) is 1. The van der Waals surface area contributed by atoms with Crippen LogP contribution in [0.15, 0.2) is 30.3 Å². The van der Waals surface area contributed by atoms with Crippen molar-refractivity contribution in [3.05, 3.63) is 35.9 Å². The van der Waals surface area contributed by atoms with Gasteiger partial charge in [-0.05, 0) is 26.3 Å². The van der Waals surface area contributed by atoms with Crippen LogP contribution < -0.4 is 0 Å². The zero-order valence-electron chi connectivity index (χ0n) is 10.8. The van der Waals surface area contributed by atoms with E-state index in [2.05, 4.69) is 0 Å². The number of carbonyl (C=O) groups excluding carboxylic acids is 1. The number of sulfonamides is 1. The maximum absolute atomic E-state index is 12.3. The number of β-lactam (4-membered cyclic amide) rings is 1. The minimum atomic E-state index is -3.60. The third-order valence-electron chi connectivity index (χ3n) is 3.11. The smallest absolute Gasteiger partial charge is 0.242 e. The average molecular weight is 267 g/mol. The summed E-state index contributed by atoms with van der Waals surface area (Å²) in [6.45, 7) is 4.82. The first-order valence-corrected chi connectivity index (χ1v) is 7.31. The molecular weight excluding hydrogens is 250 g/mol. The van der Waals surface area contributed by atoms with E-state index in [1.54, 1.807) is 20.8 Å². The summed E-state index contributed by atoms with van der Waals surface area (Å²) in [6, 6.07) is 8.92. The molecule has 1 atom stereocenters. The lowest BCUT2D eigenvalue weighted by Crippen LogP contribution is -2.55. The molecule has 0 aliphatic carbocycles. The molecule has 0 bridgehead atoms. The topological polar surface area (TPSA) is 54.5 Å². The Morgan fingerprint density at radius 1 is 1.17 bits per heavy atom. The minimum Gasteiger partial charge on any atom is -0.274 e. The maximum Gasteiger partial charge on any atom is 0.242 e. The lowest BCUT2D eigenvalue weighted by Gasteiger charge is -2.42. The van der Waals surface area contributed by atoms with Crippen molar-refractivity contribution in [1.82, 2.24) is 4.31 Å². The highest BCUT2D eigenvalue weighted by Crippen LogP contribution is 2.40. The third kappa shape index (κ3) is 1.92. The highest BCUT2D eigenvalue weighted by atomic mass is 32.2. The molecule has 1 aliphatic heterocycles. The number of rotatable bonds is 2. The van der Waals surface area contributed by atoms with Crippen LogP contribution in [0.3, 0.4) is 0 Å². The molecule has 1 saturated heterocycles. The predicted octanol–water partition coefficient (Wildman–Crippen LogP) is 2.09. The van der Waals surface area contributed by atoms with Crippen LogP contribution in [0.2, 0.25) is 0 Å². The molecule has 4 nitrogen and oxygen atoms in total. The van der Waals surface area contributed by atoms with Crippen LogP contribution in [-0.4, -0.2) is 23.4 Å². The summed E-state index contributed by atoms with van der Waals surface area (Å²) >= 11 is 0. The van der Waals surface area contributed by atoms with E-state index >= 15 is 0 Å². The quantitative estimate of drug-likeness (QED) is 0.771. The Bertz CT molecular complexity index is 558. The molecule has 0 spiro atoms. The molecule has 0 aromatic heterocycles. The molecule has 1 aliphatic rings. The fraction of sp³-hybridized carbons (Fsp3) is 0.462. The van der Waals surface area contributed by atoms with Gasteiger partial charge >= 0.3 is 0 Å². The summed E-state index contributed by atoms with van der Waals surface area (Å²) in [5.74, 6) is -0.321. The SMILES string of the molecule is CC(C)(C)S(=O)(=O)N1C(=O)CC1c1ccccc1. The van der Waals surface area contributed by atoms with Crippen LogP contribution in [0.4, 0.5) is 0 Å². The van der Waals surface area contributed by atoms with Gasteiger partial charge < -0.3 is 0 Å². The van der Waals surface area contributed by atoms with Crippen molar-refractivity contribution in [2.45, 2.75) is 38.0 Å². The zero-order valence-corrected chi connectivity index (χ0v) is 11.6. The molecule has 1 fully saturated rings. The van der Waals surface area contributed by atoms with Gasteiger partial charge in [0.05, 0.1) is 17.2 Å². The van der Waals surface area contributed by atoms with E-state index in [9.17, 15) is 13.2 Å². The first-order valence-electron chi connectivity index (χ1n) is 5.87. The number of hydrogen-bond acceptors (Lipinski definition) is 3. The predicted molar refractivity (Wildman–Crippen MR) is 69.3 cm³/mol. The van der Waals surface area contributed by atoms with Crippen molar-refractivity contribution in [2.24, 2.45) is 0 Å². The Balaban J connectivity index is 2.37. The molecule has 1 aromatic carbocycles. The van der Waals surface area contributed by atoms with Crippen LogP contribution in [0.1, 0.15) is 38.8 Å². The van der Waals surface area contributed by atoms with Crippen LogP contribution in [0.5, 0.6) is 0 Å². The zero-order chi connectivity index (χ0) is 13.6. The normalized spacial score (nSPS) is 20.7. The summed E-state index contributed by atoms with van der Waals surface area (Å²) in [4.78, 5) is 11.7. The van der Waals surface area contributed by atoms with E-state index in [1.165, 1.54) is 0 Å². The summed E-state index contributed by atoms with van der Waals surface area (Å²) in [7, 11) is -3.60. The molecule has 1 unspecified atom stereocenters. The van der Waals surface area contributed by atoms with Crippen LogP contribution in [-0.2, 0) is 14.8 Å². The van der Waals surface area contributed by atoms with Gasteiger partial charge in [-0.2, -0.15) is 0 Å². The van der Waals surface area contributed by atoms with E-state index in [-0.39, 0.29) is 18.4 Å². The molecule has 1 amide bonds. The molecule has 98 valence electrons. The van der Waals surface area contributed by atoms with Crippen LogP contribution >= 0.6 is 0 Å². The van der Waals surface area contributed by atoms with Gasteiger partial charge in [-0.15, -0.1) is 0 Å². The molecule has 1 heterocycles. The van der Waals surface area contributed by atoms with Crippen molar-refractivity contribution in [3.8, 4) is 0 Å². The van der Waals surface area contributed by atoms with E-state index in [0.29, 0.717) is 0 Å². The van der Waals surface area contributed by atoms with Gasteiger partial charge in [0.25, 0.3) is 0 Å². The van der Waals surface area contributed by atoms with E-state index in [0.717, 1.165) is 9.87 Å². The van der Waals surface area contributed by atoms with Gasteiger partial charge in [0.1, 0.15) is 0 Å². The minimum absolute atomic E-state index is 0.263. The molecule has 2 rings (SSSR count). The molecule has 0 N–H and O–H groups in total. The first-order chi connectivity index (χ1) is 8.25. The highest BCUT2D eigenvalue weighted by molar-refractivity contribution is 7.91. The second kappa shape index (κ2) is 4.09. The van der Waals surface area contributed by atoms with Gasteiger partial charge in [0, 0.05) is 0 Å². The van der Waals surface area contributed by atoms with Crippen molar-refractivity contribution in [2.75, 3.05) is 0 Å². The summed E-state index contributed by atoms with van der Waals surface area (Å²) < 4.78 is 24.7. The van der Waals surface area contributed by atoms with Gasteiger partial charge in [-0.25, -0.2) is 12.7 Å². The molecule has 0 radical (unpaired) electrons. The van der Waals surface area contributed by atoms with E-state index in [4.69, 9.17) is 0 Å². The average Bonchev–Trinajstić information content (AvgIpc) is 2.24. The van der Waals surface area contributed by atoms with Gasteiger partial charge in [-0.3, -0.25) is 4.79 Å². The number of amides is 1. The Labute approximate surface area is 108 Å². The molecule has 0 saturated carbocycles. The highest BCUT2D eigenvalue weighted by Gasteiger charge is 2.49. The second-order valence-corrected chi connectivity index (χ2v) is 8.01. The number of carbonyl (C=O) groups is 1. The Kier molecular flexibility index (Phi) is 2.97. The maximum atomic E-state index is 12.3. The van der Waals surface area contributed by atoms with E-state index < -0.39 is 14.8 Å². The monoisotopic (exact) mass is 267 g/mol. The lowest BCUT2D eigenvalue weighted by atomic mass is 9.97. The van der Waals surface area contributed by atoms with E-state index in [1.807, 2.05) is 30.3 Å². The molecule has 1 aromatic rings. The van der Waals surface area contributed by atoms with Crippen molar-refractivity contribution < 1.29 is 13.2 Å². The molecular formula is C13H17NO3S. The third-order valence-corrected chi connectivity index (χ3v) is 5.64. The standard InChI is InChI=1S/C13H17NO3S/c1-13(2,3)18(16,17)14-11(9-12(14)15)10-7-5-4-6-8-10/h4-8,11H,9H2,1-3H3.